The van der Waals surface area contributed by atoms with Crippen molar-refractivity contribution in [2.45, 2.75) is 39.0 Å². The van der Waals surface area contributed by atoms with E-state index in [2.05, 4.69) is 5.32 Å². The number of aliphatic hydroxyl groups excluding tert-OH is 1. The van der Waals surface area contributed by atoms with Crippen molar-refractivity contribution in [1.82, 2.24) is 10.2 Å². The molecule has 172 valence electrons. The maximum Gasteiger partial charge on any atom is 0.337 e. The van der Waals surface area contributed by atoms with Crippen molar-refractivity contribution < 1.29 is 29.3 Å². The molecule has 0 heterocycles. The summed E-state index contributed by atoms with van der Waals surface area (Å²) >= 11 is 0. The number of hydrogen-bond donors (Lipinski definition) is 3. The third-order valence-corrected chi connectivity index (χ3v) is 4.64. The Labute approximate surface area is 187 Å². The van der Waals surface area contributed by atoms with Crippen LogP contribution in [-0.2, 0) is 27.4 Å². The molecule has 0 radical (unpaired) electrons. The average molecular weight is 443 g/mol. The molecule has 2 rings (SSSR count). The van der Waals surface area contributed by atoms with Gasteiger partial charge in [-0.2, -0.15) is 0 Å². The number of amides is 2. The maximum atomic E-state index is 12.8. The standard InChI is InChI=1S/C24H30N2O6/c1-17(2)14-26(15-21(27)23(30)32-16-19-11-7-4-8-12-19)24(31)25-20(22(28)29)13-18-9-5-3-6-10-18/h3-12,17,20-21,27H,13-16H2,1-2H3,(H,25,31)(H,28,29). The number of carboxylic acid groups (broad SMARTS) is 1. The predicted octanol–water partition coefficient (Wildman–Crippen LogP) is 2.45. The largest absolute Gasteiger partial charge is 0.480 e. The molecule has 0 saturated heterocycles. The highest BCUT2D eigenvalue weighted by atomic mass is 16.5. The van der Waals surface area contributed by atoms with Crippen molar-refractivity contribution in [3.05, 3.63) is 71.8 Å². The molecule has 2 aromatic carbocycles. The van der Waals surface area contributed by atoms with Crippen LogP contribution >= 0.6 is 0 Å². The molecule has 0 bridgehead atoms. The Hall–Kier alpha value is -3.39. The summed E-state index contributed by atoms with van der Waals surface area (Å²) in [7, 11) is 0. The monoisotopic (exact) mass is 442 g/mol. The summed E-state index contributed by atoms with van der Waals surface area (Å²) in [5, 5.41) is 22.3. The molecule has 0 aromatic heterocycles. The van der Waals surface area contributed by atoms with Gasteiger partial charge in [0.25, 0.3) is 0 Å². The van der Waals surface area contributed by atoms with E-state index in [9.17, 15) is 24.6 Å². The van der Waals surface area contributed by atoms with E-state index < -0.39 is 30.1 Å². The van der Waals surface area contributed by atoms with Crippen LogP contribution in [0.25, 0.3) is 0 Å². The first-order valence-electron chi connectivity index (χ1n) is 10.5. The van der Waals surface area contributed by atoms with Gasteiger partial charge in [0, 0.05) is 13.0 Å². The Morgan fingerprint density at radius 1 is 0.938 bits per heavy atom. The Kier molecular flexibility index (Phi) is 9.69. The van der Waals surface area contributed by atoms with Crippen LogP contribution in [0.15, 0.2) is 60.7 Å². The van der Waals surface area contributed by atoms with Gasteiger partial charge in [0.05, 0.1) is 6.54 Å². The van der Waals surface area contributed by atoms with Crippen molar-refractivity contribution in [3.63, 3.8) is 0 Å². The van der Waals surface area contributed by atoms with Crippen LogP contribution in [0.1, 0.15) is 25.0 Å². The zero-order chi connectivity index (χ0) is 23.5. The highest BCUT2D eigenvalue weighted by molar-refractivity contribution is 5.83. The van der Waals surface area contributed by atoms with E-state index in [0.29, 0.717) is 0 Å². The molecule has 8 heteroatoms. The number of esters is 1. The molecule has 8 nitrogen and oxygen atoms in total. The van der Waals surface area contributed by atoms with Gasteiger partial charge in [-0.05, 0) is 17.0 Å². The summed E-state index contributed by atoms with van der Waals surface area (Å²) in [6.45, 7) is 3.67. The van der Waals surface area contributed by atoms with Gasteiger partial charge in [-0.3, -0.25) is 0 Å². The number of rotatable bonds is 11. The van der Waals surface area contributed by atoms with E-state index in [1.165, 1.54) is 4.90 Å². The van der Waals surface area contributed by atoms with E-state index in [0.717, 1.165) is 11.1 Å². The molecule has 0 fully saturated rings. The smallest absolute Gasteiger partial charge is 0.337 e. The topological polar surface area (TPSA) is 116 Å². The van der Waals surface area contributed by atoms with Crippen LogP contribution in [0.2, 0.25) is 0 Å². The minimum absolute atomic E-state index is 0.00523. The number of aliphatic hydroxyl groups is 1. The lowest BCUT2D eigenvalue weighted by Crippen LogP contribution is -2.52. The summed E-state index contributed by atoms with van der Waals surface area (Å²) in [6.07, 6.45) is -1.44. The van der Waals surface area contributed by atoms with Crippen LogP contribution in [0.4, 0.5) is 4.79 Å². The molecular weight excluding hydrogens is 412 g/mol. The maximum absolute atomic E-state index is 12.8. The molecule has 2 unspecified atom stereocenters. The number of carboxylic acids is 1. The van der Waals surface area contributed by atoms with Gasteiger partial charge in [-0.15, -0.1) is 0 Å². The molecule has 0 saturated carbocycles. The lowest BCUT2D eigenvalue weighted by Gasteiger charge is -2.28. The van der Waals surface area contributed by atoms with Crippen molar-refractivity contribution in [1.29, 1.82) is 0 Å². The second-order valence-electron chi connectivity index (χ2n) is 7.94. The van der Waals surface area contributed by atoms with Crippen LogP contribution < -0.4 is 5.32 Å². The van der Waals surface area contributed by atoms with E-state index in [1.807, 2.05) is 38.1 Å². The molecule has 2 aromatic rings. The molecule has 0 aliphatic heterocycles. The molecule has 0 spiro atoms. The molecule has 0 aliphatic carbocycles. The number of ether oxygens (including phenoxy) is 1. The van der Waals surface area contributed by atoms with Gasteiger partial charge in [0.1, 0.15) is 12.6 Å². The number of aliphatic carboxylic acids is 1. The first-order chi connectivity index (χ1) is 15.3. The molecule has 3 N–H and O–H groups in total. The van der Waals surface area contributed by atoms with Crippen molar-refractivity contribution in [3.8, 4) is 0 Å². The van der Waals surface area contributed by atoms with Gasteiger partial charge in [-0.1, -0.05) is 74.5 Å². The fourth-order valence-electron chi connectivity index (χ4n) is 3.08. The van der Waals surface area contributed by atoms with Gasteiger partial charge < -0.3 is 25.2 Å². The lowest BCUT2D eigenvalue weighted by molar-refractivity contribution is -0.155. The summed E-state index contributed by atoms with van der Waals surface area (Å²) in [5.74, 6) is -1.99. The number of benzene rings is 2. The van der Waals surface area contributed by atoms with Gasteiger partial charge in [-0.25, -0.2) is 14.4 Å². The Morgan fingerprint density at radius 2 is 1.50 bits per heavy atom. The van der Waals surface area contributed by atoms with Crippen LogP contribution in [0, 0.1) is 5.92 Å². The van der Waals surface area contributed by atoms with Crippen LogP contribution in [0.5, 0.6) is 0 Å². The van der Waals surface area contributed by atoms with Crippen LogP contribution in [0.3, 0.4) is 0 Å². The van der Waals surface area contributed by atoms with Crippen LogP contribution in [-0.4, -0.2) is 58.3 Å². The number of carbonyl (C=O) groups excluding carboxylic acids is 2. The summed E-state index contributed by atoms with van der Waals surface area (Å²) in [6, 6.07) is 16.2. The number of nitrogens with zero attached hydrogens (tertiary/aromatic N) is 1. The Balaban J connectivity index is 1.99. The summed E-state index contributed by atoms with van der Waals surface area (Å²) in [5.41, 5.74) is 1.54. The molecular formula is C24H30N2O6. The summed E-state index contributed by atoms with van der Waals surface area (Å²) < 4.78 is 5.13. The van der Waals surface area contributed by atoms with Crippen molar-refractivity contribution in [2.75, 3.05) is 13.1 Å². The average Bonchev–Trinajstić information content (AvgIpc) is 2.77. The van der Waals surface area contributed by atoms with E-state index in [-0.39, 0.29) is 32.0 Å². The molecule has 32 heavy (non-hydrogen) atoms. The Bertz CT molecular complexity index is 873. The van der Waals surface area contributed by atoms with E-state index >= 15 is 0 Å². The normalized spacial score (nSPS) is 12.6. The van der Waals surface area contributed by atoms with Gasteiger partial charge in [0.15, 0.2) is 6.10 Å². The van der Waals surface area contributed by atoms with Crippen molar-refractivity contribution >= 4 is 18.0 Å². The Morgan fingerprint density at radius 3 is 2.03 bits per heavy atom. The minimum atomic E-state index is -1.55. The SMILES string of the molecule is CC(C)CN(CC(O)C(=O)OCc1ccccc1)C(=O)NC(Cc1ccccc1)C(=O)O. The molecule has 2 atom stereocenters. The first-order valence-corrected chi connectivity index (χ1v) is 10.5. The first kappa shape index (κ1) is 24.9. The second kappa shape index (κ2) is 12.5. The minimum Gasteiger partial charge on any atom is -0.480 e. The molecule has 0 aliphatic rings. The van der Waals surface area contributed by atoms with E-state index in [1.54, 1.807) is 36.4 Å². The third kappa shape index (κ3) is 8.39. The highest BCUT2D eigenvalue weighted by Gasteiger charge is 2.28. The third-order valence-electron chi connectivity index (χ3n) is 4.64. The summed E-state index contributed by atoms with van der Waals surface area (Å²) in [4.78, 5) is 37.9. The number of hydrogen-bond acceptors (Lipinski definition) is 5. The lowest BCUT2D eigenvalue weighted by atomic mass is 10.1. The highest BCUT2D eigenvalue weighted by Crippen LogP contribution is 2.08. The number of nitrogens with one attached hydrogen (secondary N) is 1. The second-order valence-corrected chi connectivity index (χ2v) is 7.94. The number of urea groups is 1. The van der Waals surface area contributed by atoms with Crippen molar-refractivity contribution in [2.24, 2.45) is 5.92 Å². The van der Waals surface area contributed by atoms with Gasteiger partial charge >= 0.3 is 18.0 Å². The number of carbonyl (C=O) groups is 3. The predicted molar refractivity (Wildman–Crippen MR) is 119 cm³/mol. The zero-order valence-corrected chi connectivity index (χ0v) is 18.3. The van der Waals surface area contributed by atoms with E-state index in [4.69, 9.17) is 4.74 Å². The fraction of sp³-hybridized carbons (Fsp3) is 0.375. The van der Waals surface area contributed by atoms with Gasteiger partial charge in [0.2, 0.25) is 0 Å². The molecule has 2 amide bonds. The zero-order valence-electron chi connectivity index (χ0n) is 18.3. The quantitative estimate of drug-likeness (QED) is 0.461. The fourth-order valence-corrected chi connectivity index (χ4v) is 3.08.